The lowest BCUT2D eigenvalue weighted by Gasteiger charge is -2.03. The highest BCUT2D eigenvalue weighted by Gasteiger charge is 2.11. The molecule has 0 saturated carbocycles. The molecule has 0 saturated heterocycles. The van der Waals surface area contributed by atoms with Gasteiger partial charge in [0, 0.05) is 28.7 Å². The molecule has 0 aliphatic heterocycles. The number of anilines is 2. The van der Waals surface area contributed by atoms with Crippen molar-refractivity contribution in [2.45, 2.75) is 19.8 Å². The molecule has 4 rings (SSSR count). The van der Waals surface area contributed by atoms with Crippen LogP contribution in [0, 0.1) is 0 Å². The number of rotatable bonds is 6. The van der Waals surface area contributed by atoms with Crippen molar-refractivity contribution in [2.24, 2.45) is 0 Å². The molecule has 3 aromatic carbocycles. The zero-order valence-electron chi connectivity index (χ0n) is 17.1. The van der Waals surface area contributed by atoms with Gasteiger partial charge in [0.1, 0.15) is 0 Å². The van der Waals surface area contributed by atoms with Gasteiger partial charge in [0.05, 0.1) is 11.4 Å². The lowest BCUT2D eigenvalue weighted by molar-refractivity contribution is 0.884. The zero-order valence-corrected chi connectivity index (χ0v) is 17.1. The third kappa shape index (κ3) is 4.44. The first kappa shape index (κ1) is 19.5. The predicted octanol–water partition coefficient (Wildman–Crippen LogP) is 5.83. The molecule has 0 aliphatic carbocycles. The SMILES string of the molecule is CCCc1ccc(-c2nn(-c3ccc(N)cc3)cc2/C=C/c2ccc(N)cc2)cc1. The Balaban J connectivity index is 1.73. The summed E-state index contributed by atoms with van der Waals surface area (Å²) >= 11 is 0. The number of aryl methyl sites for hydroxylation is 1. The minimum absolute atomic E-state index is 0.737. The largest absolute Gasteiger partial charge is 0.399 e. The maximum absolute atomic E-state index is 5.84. The minimum Gasteiger partial charge on any atom is -0.399 e. The van der Waals surface area contributed by atoms with E-state index in [4.69, 9.17) is 16.6 Å². The van der Waals surface area contributed by atoms with Crippen LogP contribution in [0.15, 0.2) is 79.0 Å². The van der Waals surface area contributed by atoms with E-state index in [1.54, 1.807) is 0 Å². The van der Waals surface area contributed by atoms with Gasteiger partial charge >= 0.3 is 0 Å². The van der Waals surface area contributed by atoms with Crippen LogP contribution in [0.2, 0.25) is 0 Å². The summed E-state index contributed by atoms with van der Waals surface area (Å²) in [6, 6.07) is 24.3. The van der Waals surface area contributed by atoms with E-state index in [1.807, 2.05) is 53.2 Å². The van der Waals surface area contributed by atoms with Gasteiger partial charge in [-0.25, -0.2) is 4.68 Å². The van der Waals surface area contributed by atoms with Crippen LogP contribution in [0.1, 0.15) is 30.0 Å². The summed E-state index contributed by atoms with van der Waals surface area (Å²) in [6.45, 7) is 2.20. The van der Waals surface area contributed by atoms with Crippen molar-refractivity contribution in [1.29, 1.82) is 0 Å². The standard InChI is InChI=1S/C26H26N4/c1-2-3-19-4-9-21(10-5-19)26-22(11-6-20-7-12-23(27)13-8-20)18-30(29-26)25-16-14-24(28)15-17-25/h4-18H,2-3,27-28H2,1H3/b11-6+. The summed E-state index contributed by atoms with van der Waals surface area (Å²) in [6.07, 6.45) is 8.46. The number of aromatic nitrogens is 2. The average Bonchev–Trinajstić information content (AvgIpc) is 3.19. The van der Waals surface area contributed by atoms with Crippen LogP contribution in [0.4, 0.5) is 11.4 Å². The number of benzene rings is 3. The maximum atomic E-state index is 5.84. The van der Waals surface area contributed by atoms with E-state index in [9.17, 15) is 0 Å². The zero-order chi connectivity index (χ0) is 20.9. The predicted molar refractivity (Wildman–Crippen MR) is 127 cm³/mol. The van der Waals surface area contributed by atoms with Crippen molar-refractivity contribution in [3.05, 3.63) is 95.7 Å². The molecule has 4 aromatic rings. The van der Waals surface area contributed by atoms with E-state index >= 15 is 0 Å². The highest BCUT2D eigenvalue weighted by atomic mass is 15.3. The van der Waals surface area contributed by atoms with E-state index in [0.29, 0.717) is 0 Å². The third-order valence-corrected chi connectivity index (χ3v) is 5.06. The van der Waals surface area contributed by atoms with Crippen LogP contribution in [-0.2, 0) is 6.42 Å². The molecule has 4 heteroatoms. The summed E-state index contributed by atoms with van der Waals surface area (Å²) in [5.74, 6) is 0. The molecular weight excluding hydrogens is 368 g/mol. The first-order valence-corrected chi connectivity index (χ1v) is 10.2. The normalized spacial score (nSPS) is 11.2. The fourth-order valence-electron chi connectivity index (χ4n) is 3.40. The Hall–Kier alpha value is -3.79. The summed E-state index contributed by atoms with van der Waals surface area (Å²) in [5, 5.41) is 4.89. The van der Waals surface area contributed by atoms with Gasteiger partial charge in [-0.3, -0.25) is 0 Å². The molecule has 150 valence electrons. The fraction of sp³-hybridized carbons (Fsp3) is 0.115. The van der Waals surface area contributed by atoms with Gasteiger partial charge in [-0.1, -0.05) is 61.9 Å². The average molecular weight is 395 g/mol. The van der Waals surface area contributed by atoms with Crippen LogP contribution in [-0.4, -0.2) is 9.78 Å². The maximum Gasteiger partial charge on any atom is 0.0999 e. The van der Waals surface area contributed by atoms with Crippen molar-refractivity contribution in [3.63, 3.8) is 0 Å². The van der Waals surface area contributed by atoms with E-state index in [1.165, 1.54) is 5.56 Å². The first-order valence-electron chi connectivity index (χ1n) is 10.2. The molecule has 0 fully saturated rings. The summed E-state index contributed by atoms with van der Waals surface area (Å²) in [7, 11) is 0. The number of nitrogen functional groups attached to an aromatic ring is 2. The van der Waals surface area contributed by atoms with Gasteiger partial charge in [-0.15, -0.1) is 0 Å². The van der Waals surface area contributed by atoms with E-state index < -0.39 is 0 Å². The van der Waals surface area contributed by atoms with Crippen molar-refractivity contribution >= 4 is 23.5 Å². The van der Waals surface area contributed by atoms with E-state index in [-0.39, 0.29) is 0 Å². The highest BCUT2D eigenvalue weighted by molar-refractivity contribution is 5.79. The Kier molecular flexibility index (Phi) is 5.66. The van der Waals surface area contributed by atoms with Crippen LogP contribution in [0.5, 0.6) is 0 Å². The molecule has 4 N–H and O–H groups in total. The molecule has 4 nitrogen and oxygen atoms in total. The second-order valence-electron chi connectivity index (χ2n) is 7.42. The highest BCUT2D eigenvalue weighted by Crippen LogP contribution is 2.26. The van der Waals surface area contributed by atoms with Crippen LogP contribution in [0.3, 0.4) is 0 Å². The topological polar surface area (TPSA) is 69.9 Å². The summed E-state index contributed by atoms with van der Waals surface area (Å²) < 4.78 is 1.90. The van der Waals surface area contributed by atoms with Crippen LogP contribution >= 0.6 is 0 Å². The monoisotopic (exact) mass is 394 g/mol. The Morgan fingerprint density at radius 3 is 2.07 bits per heavy atom. The molecule has 0 unspecified atom stereocenters. The van der Waals surface area contributed by atoms with Crippen LogP contribution < -0.4 is 11.5 Å². The summed E-state index contributed by atoms with van der Waals surface area (Å²) in [5.41, 5.74) is 19.6. The molecule has 30 heavy (non-hydrogen) atoms. The molecule has 0 amide bonds. The van der Waals surface area contributed by atoms with Gasteiger partial charge in [0.2, 0.25) is 0 Å². The van der Waals surface area contributed by atoms with Gasteiger partial charge in [0.15, 0.2) is 0 Å². The van der Waals surface area contributed by atoms with Crippen molar-refractivity contribution in [1.82, 2.24) is 9.78 Å². The van der Waals surface area contributed by atoms with Crippen LogP contribution in [0.25, 0.3) is 29.1 Å². The van der Waals surface area contributed by atoms with Crippen molar-refractivity contribution < 1.29 is 0 Å². The lowest BCUT2D eigenvalue weighted by atomic mass is 10.0. The van der Waals surface area contributed by atoms with E-state index in [0.717, 1.165) is 52.3 Å². The molecule has 0 radical (unpaired) electrons. The third-order valence-electron chi connectivity index (χ3n) is 5.06. The molecule has 0 atom stereocenters. The second kappa shape index (κ2) is 8.70. The van der Waals surface area contributed by atoms with Gasteiger partial charge in [-0.05, 0) is 53.9 Å². The molecular formula is C26H26N4. The number of nitrogens with zero attached hydrogens (tertiary/aromatic N) is 2. The quantitative estimate of drug-likeness (QED) is 0.404. The molecule has 0 bridgehead atoms. The second-order valence-corrected chi connectivity index (χ2v) is 7.42. The van der Waals surface area contributed by atoms with Crippen molar-refractivity contribution in [2.75, 3.05) is 11.5 Å². The molecule has 0 spiro atoms. The Morgan fingerprint density at radius 2 is 1.43 bits per heavy atom. The molecule has 0 aliphatic rings. The number of hydrogen-bond acceptors (Lipinski definition) is 3. The first-order chi connectivity index (χ1) is 14.6. The Morgan fingerprint density at radius 1 is 0.800 bits per heavy atom. The molecule has 1 aromatic heterocycles. The Bertz CT molecular complexity index is 1140. The van der Waals surface area contributed by atoms with Gasteiger partial charge in [-0.2, -0.15) is 5.10 Å². The number of nitrogens with two attached hydrogens (primary N) is 2. The van der Waals surface area contributed by atoms with Gasteiger partial charge < -0.3 is 11.5 Å². The van der Waals surface area contributed by atoms with Gasteiger partial charge in [0.25, 0.3) is 0 Å². The molecule has 1 heterocycles. The van der Waals surface area contributed by atoms with E-state index in [2.05, 4.69) is 49.5 Å². The minimum atomic E-state index is 0.737. The fourth-order valence-corrected chi connectivity index (χ4v) is 3.40. The lowest BCUT2D eigenvalue weighted by Crippen LogP contribution is -1.95. The Labute approximate surface area is 177 Å². The smallest absolute Gasteiger partial charge is 0.0999 e. The summed E-state index contributed by atoms with van der Waals surface area (Å²) in [4.78, 5) is 0. The van der Waals surface area contributed by atoms with Crippen molar-refractivity contribution in [3.8, 4) is 16.9 Å². The number of hydrogen-bond donors (Lipinski definition) is 2.